The van der Waals surface area contributed by atoms with E-state index in [0.29, 0.717) is 41.7 Å². The summed E-state index contributed by atoms with van der Waals surface area (Å²) < 4.78 is 10.9. The zero-order valence-corrected chi connectivity index (χ0v) is 14.7. The largest absolute Gasteiger partial charge is 0.486 e. The van der Waals surface area contributed by atoms with Crippen LogP contribution < -0.4 is 25.4 Å². The molecule has 0 fully saturated rings. The molecule has 3 rings (SSSR count). The molecule has 140 valence electrons. The third-order valence-electron chi connectivity index (χ3n) is 3.68. The van der Waals surface area contributed by atoms with Gasteiger partial charge in [0.25, 0.3) is 5.91 Å². The molecule has 8 nitrogen and oxygen atoms in total. The Morgan fingerprint density at radius 2 is 1.67 bits per heavy atom. The average molecular weight is 369 g/mol. The summed E-state index contributed by atoms with van der Waals surface area (Å²) in [5, 5.41) is 7.83. The molecule has 0 bridgehead atoms. The molecule has 0 radical (unpaired) electrons. The van der Waals surface area contributed by atoms with E-state index in [1.54, 1.807) is 36.4 Å². The molecule has 0 saturated heterocycles. The van der Waals surface area contributed by atoms with Gasteiger partial charge in [0.2, 0.25) is 11.8 Å². The first-order valence-electron chi connectivity index (χ1n) is 8.36. The summed E-state index contributed by atoms with van der Waals surface area (Å²) in [5.41, 5.74) is 1.40. The molecule has 0 aromatic heterocycles. The van der Waals surface area contributed by atoms with Crippen molar-refractivity contribution in [3.63, 3.8) is 0 Å². The summed E-state index contributed by atoms with van der Waals surface area (Å²) in [6, 6.07) is 11.5. The third-order valence-corrected chi connectivity index (χ3v) is 3.68. The van der Waals surface area contributed by atoms with Gasteiger partial charge in [-0.15, -0.1) is 0 Å². The minimum absolute atomic E-state index is 0.197. The lowest BCUT2D eigenvalue weighted by atomic mass is 10.2. The van der Waals surface area contributed by atoms with Gasteiger partial charge in [0.15, 0.2) is 11.5 Å². The lowest BCUT2D eigenvalue weighted by Crippen LogP contribution is -2.32. The first kappa shape index (κ1) is 18.2. The standard InChI is InChI=1S/C19H19N3O5/c1-12(23)21-14-4-2-3-13(9-14)19(25)20-11-18(24)22-15-5-6-16-17(10-15)27-8-7-26-16/h2-6,9-10H,7-8,11H2,1H3,(H,20,25)(H,21,23)(H,22,24). The fourth-order valence-corrected chi connectivity index (χ4v) is 2.53. The number of ether oxygens (including phenoxy) is 2. The molecule has 2 aromatic rings. The molecule has 1 aliphatic heterocycles. The van der Waals surface area contributed by atoms with E-state index >= 15 is 0 Å². The van der Waals surface area contributed by atoms with Gasteiger partial charge in [0.05, 0.1) is 6.54 Å². The smallest absolute Gasteiger partial charge is 0.251 e. The van der Waals surface area contributed by atoms with Crippen molar-refractivity contribution in [1.29, 1.82) is 0 Å². The van der Waals surface area contributed by atoms with Gasteiger partial charge in [0.1, 0.15) is 13.2 Å². The summed E-state index contributed by atoms with van der Waals surface area (Å²) in [7, 11) is 0. The van der Waals surface area contributed by atoms with Gasteiger partial charge in [-0.1, -0.05) is 6.07 Å². The quantitative estimate of drug-likeness (QED) is 0.745. The van der Waals surface area contributed by atoms with Crippen LogP contribution in [0.3, 0.4) is 0 Å². The minimum Gasteiger partial charge on any atom is -0.486 e. The van der Waals surface area contributed by atoms with Crippen LogP contribution in [-0.4, -0.2) is 37.5 Å². The Kier molecular flexibility index (Phi) is 5.55. The van der Waals surface area contributed by atoms with Crippen LogP contribution in [0.15, 0.2) is 42.5 Å². The number of fused-ring (bicyclic) bond motifs is 1. The molecular weight excluding hydrogens is 350 g/mol. The van der Waals surface area contributed by atoms with Crippen molar-refractivity contribution in [3.05, 3.63) is 48.0 Å². The topological polar surface area (TPSA) is 106 Å². The normalized spacial score (nSPS) is 12.0. The van der Waals surface area contributed by atoms with Gasteiger partial charge in [-0.25, -0.2) is 0 Å². The molecule has 0 saturated carbocycles. The lowest BCUT2D eigenvalue weighted by molar-refractivity contribution is -0.115. The number of rotatable bonds is 5. The maximum atomic E-state index is 12.2. The first-order valence-corrected chi connectivity index (χ1v) is 8.36. The maximum absolute atomic E-state index is 12.2. The second-order valence-corrected chi connectivity index (χ2v) is 5.85. The summed E-state index contributed by atoms with van der Waals surface area (Å²) in [6.45, 7) is 2.14. The lowest BCUT2D eigenvalue weighted by Gasteiger charge is -2.19. The van der Waals surface area contributed by atoms with Crippen molar-refractivity contribution in [2.24, 2.45) is 0 Å². The molecular formula is C19H19N3O5. The zero-order valence-electron chi connectivity index (χ0n) is 14.7. The molecule has 3 N–H and O–H groups in total. The van der Waals surface area contributed by atoms with Crippen molar-refractivity contribution in [2.45, 2.75) is 6.92 Å². The average Bonchev–Trinajstić information content (AvgIpc) is 2.65. The summed E-state index contributed by atoms with van der Waals surface area (Å²) >= 11 is 0. The van der Waals surface area contributed by atoms with Crippen LogP contribution in [-0.2, 0) is 9.59 Å². The Bertz CT molecular complexity index is 881. The predicted molar refractivity (Wildman–Crippen MR) is 99.1 cm³/mol. The fourth-order valence-electron chi connectivity index (χ4n) is 2.53. The molecule has 1 aliphatic rings. The Morgan fingerprint density at radius 3 is 2.44 bits per heavy atom. The van der Waals surface area contributed by atoms with Crippen LogP contribution >= 0.6 is 0 Å². The van der Waals surface area contributed by atoms with Crippen LogP contribution in [0.4, 0.5) is 11.4 Å². The number of benzene rings is 2. The van der Waals surface area contributed by atoms with Crippen molar-refractivity contribution < 1.29 is 23.9 Å². The van der Waals surface area contributed by atoms with Crippen LogP contribution in [0.2, 0.25) is 0 Å². The highest BCUT2D eigenvalue weighted by atomic mass is 16.6. The number of hydrogen-bond acceptors (Lipinski definition) is 5. The van der Waals surface area contributed by atoms with E-state index in [0.717, 1.165) is 0 Å². The van der Waals surface area contributed by atoms with E-state index in [-0.39, 0.29) is 18.4 Å². The second kappa shape index (κ2) is 8.22. The molecule has 0 unspecified atom stereocenters. The highest BCUT2D eigenvalue weighted by molar-refractivity contribution is 6.00. The van der Waals surface area contributed by atoms with Gasteiger partial charge in [-0.3, -0.25) is 14.4 Å². The maximum Gasteiger partial charge on any atom is 0.251 e. The Balaban J connectivity index is 1.54. The molecule has 8 heteroatoms. The molecule has 27 heavy (non-hydrogen) atoms. The van der Waals surface area contributed by atoms with Crippen LogP contribution in [0.25, 0.3) is 0 Å². The minimum atomic E-state index is -0.417. The summed E-state index contributed by atoms with van der Waals surface area (Å²) in [5.74, 6) is 0.174. The Morgan fingerprint density at radius 1 is 0.926 bits per heavy atom. The summed E-state index contributed by atoms with van der Waals surface area (Å²) in [6.07, 6.45) is 0. The number of anilines is 2. The van der Waals surface area contributed by atoms with Gasteiger partial charge in [0, 0.05) is 29.9 Å². The van der Waals surface area contributed by atoms with Crippen molar-refractivity contribution in [1.82, 2.24) is 5.32 Å². The van der Waals surface area contributed by atoms with Crippen LogP contribution in [0.1, 0.15) is 17.3 Å². The molecule has 0 atom stereocenters. The number of amides is 3. The van der Waals surface area contributed by atoms with E-state index in [2.05, 4.69) is 16.0 Å². The Labute approximate surface area is 155 Å². The highest BCUT2D eigenvalue weighted by Gasteiger charge is 2.13. The van der Waals surface area contributed by atoms with Crippen molar-refractivity contribution in [2.75, 3.05) is 30.4 Å². The highest BCUT2D eigenvalue weighted by Crippen LogP contribution is 2.32. The Hall–Kier alpha value is -3.55. The second-order valence-electron chi connectivity index (χ2n) is 5.85. The van der Waals surface area contributed by atoms with Crippen molar-refractivity contribution in [3.8, 4) is 11.5 Å². The molecule has 1 heterocycles. The van der Waals surface area contributed by atoms with Gasteiger partial charge >= 0.3 is 0 Å². The fraction of sp³-hybridized carbons (Fsp3) is 0.211. The first-order chi connectivity index (χ1) is 13.0. The van der Waals surface area contributed by atoms with Gasteiger partial charge in [-0.2, -0.15) is 0 Å². The van der Waals surface area contributed by atoms with Crippen LogP contribution in [0, 0.1) is 0 Å². The number of nitrogens with one attached hydrogen (secondary N) is 3. The number of hydrogen-bond donors (Lipinski definition) is 3. The summed E-state index contributed by atoms with van der Waals surface area (Å²) in [4.78, 5) is 35.4. The van der Waals surface area contributed by atoms with E-state index < -0.39 is 5.91 Å². The van der Waals surface area contributed by atoms with Crippen molar-refractivity contribution >= 4 is 29.1 Å². The molecule has 0 spiro atoms. The SMILES string of the molecule is CC(=O)Nc1cccc(C(=O)NCC(=O)Nc2ccc3c(c2)OCCO3)c1. The molecule has 2 aromatic carbocycles. The van der Waals surface area contributed by atoms with Gasteiger partial charge in [-0.05, 0) is 30.3 Å². The van der Waals surface area contributed by atoms with E-state index in [1.807, 2.05) is 0 Å². The van der Waals surface area contributed by atoms with Crippen LogP contribution in [0.5, 0.6) is 11.5 Å². The van der Waals surface area contributed by atoms with E-state index in [9.17, 15) is 14.4 Å². The van der Waals surface area contributed by atoms with Gasteiger partial charge < -0.3 is 25.4 Å². The number of carbonyl (C=O) groups excluding carboxylic acids is 3. The zero-order chi connectivity index (χ0) is 19.2. The van der Waals surface area contributed by atoms with E-state index in [1.165, 1.54) is 13.0 Å². The monoisotopic (exact) mass is 369 g/mol. The predicted octanol–water partition coefficient (Wildman–Crippen LogP) is 1.78. The number of carbonyl (C=O) groups is 3. The van der Waals surface area contributed by atoms with E-state index in [4.69, 9.17) is 9.47 Å². The molecule has 0 aliphatic carbocycles. The third kappa shape index (κ3) is 4.97. The molecule has 3 amide bonds.